The van der Waals surface area contributed by atoms with Crippen LogP contribution in [0, 0.1) is 5.82 Å². The van der Waals surface area contributed by atoms with Crippen molar-refractivity contribution in [3.05, 3.63) is 51.2 Å². The zero-order valence-corrected chi connectivity index (χ0v) is 15.3. The molecular weight excluding hydrogens is 368 g/mol. The van der Waals surface area contributed by atoms with E-state index in [0.717, 1.165) is 28.4 Å². The minimum atomic E-state index is -4.63. The maximum atomic E-state index is 13.2. The van der Waals surface area contributed by atoms with Gasteiger partial charge in [-0.25, -0.2) is 14.4 Å². The van der Waals surface area contributed by atoms with E-state index in [4.69, 9.17) is 0 Å². The van der Waals surface area contributed by atoms with Crippen LogP contribution in [0.15, 0.2) is 29.4 Å². The van der Waals surface area contributed by atoms with E-state index in [0.29, 0.717) is 25.1 Å². The maximum absolute atomic E-state index is 13.2. The van der Waals surface area contributed by atoms with Gasteiger partial charge in [0.25, 0.3) is 0 Å². The number of benzene rings is 1. The summed E-state index contributed by atoms with van der Waals surface area (Å²) in [5.41, 5.74) is -1.09. The zero-order valence-electron chi connectivity index (χ0n) is 14.5. The Morgan fingerprint density at radius 1 is 1.23 bits per heavy atom. The lowest BCUT2D eigenvalue weighted by atomic mass is 10.1. The second kappa shape index (κ2) is 8.98. The minimum absolute atomic E-state index is 0.0846. The van der Waals surface area contributed by atoms with Gasteiger partial charge in [0.05, 0.1) is 18.7 Å². The summed E-state index contributed by atoms with van der Waals surface area (Å²) in [7, 11) is 0. The van der Waals surface area contributed by atoms with Crippen molar-refractivity contribution in [3.8, 4) is 0 Å². The SMILES string of the molecule is CCNC(=NCc1ccc(F)cc1C(F)(F)F)NCc1ncc(CC)s1. The first-order valence-corrected chi connectivity index (χ1v) is 8.96. The number of thiazole rings is 1. The molecule has 0 spiro atoms. The highest BCUT2D eigenvalue weighted by atomic mass is 32.1. The number of aliphatic imine (C=N–C) groups is 1. The van der Waals surface area contributed by atoms with E-state index in [1.807, 2.05) is 13.8 Å². The molecule has 0 amide bonds. The lowest BCUT2D eigenvalue weighted by Gasteiger charge is -2.13. The van der Waals surface area contributed by atoms with Gasteiger partial charge in [-0.3, -0.25) is 0 Å². The fourth-order valence-corrected chi connectivity index (χ4v) is 3.01. The Morgan fingerprint density at radius 2 is 2.00 bits per heavy atom. The third-order valence-corrected chi connectivity index (χ3v) is 4.63. The number of hydrogen-bond donors (Lipinski definition) is 2. The van der Waals surface area contributed by atoms with Crippen LogP contribution in [0.2, 0.25) is 0 Å². The van der Waals surface area contributed by atoms with Gasteiger partial charge in [-0.2, -0.15) is 13.2 Å². The van der Waals surface area contributed by atoms with Crippen LogP contribution in [0.3, 0.4) is 0 Å². The number of alkyl halides is 3. The smallest absolute Gasteiger partial charge is 0.357 e. The molecule has 0 aliphatic heterocycles. The molecule has 0 saturated heterocycles. The average molecular weight is 388 g/mol. The molecule has 0 atom stereocenters. The number of guanidine groups is 1. The summed E-state index contributed by atoms with van der Waals surface area (Å²) in [5.74, 6) is -0.552. The molecule has 0 aliphatic carbocycles. The summed E-state index contributed by atoms with van der Waals surface area (Å²) >= 11 is 1.57. The van der Waals surface area contributed by atoms with E-state index in [2.05, 4.69) is 20.6 Å². The maximum Gasteiger partial charge on any atom is 0.416 e. The molecule has 0 radical (unpaired) electrons. The summed E-state index contributed by atoms with van der Waals surface area (Å²) in [6.45, 7) is 4.65. The summed E-state index contributed by atoms with van der Waals surface area (Å²) in [6, 6.07) is 2.61. The van der Waals surface area contributed by atoms with E-state index in [1.165, 1.54) is 0 Å². The summed E-state index contributed by atoms with van der Waals surface area (Å²) < 4.78 is 52.3. The first-order chi connectivity index (χ1) is 12.3. The van der Waals surface area contributed by atoms with Crippen molar-refractivity contribution in [2.24, 2.45) is 4.99 Å². The number of hydrogen-bond acceptors (Lipinski definition) is 3. The Hall–Kier alpha value is -2.16. The number of aryl methyl sites for hydroxylation is 1. The van der Waals surface area contributed by atoms with Crippen molar-refractivity contribution in [1.82, 2.24) is 15.6 Å². The number of nitrogens with zero attached hydrogens (tertiary/aromatic N) is 2. The largest absolute Gasteiger partial charge is 0.416 e. The van der Waals surface area contributed by atoms with Crippen molar-refractivity contribution in [2.75, 3.05) is 6.54 Å². The predicted octanol–water partition coefficient (Wildman–Crippen LogP) is 4.12. The van der Waals surface area contributed by atoms with Crippen LogP contribution in [0.5, 0.6) is 0 Å². The van der Waals surface area contributed by atoms with Crippen molar-refractivity contribution in [3.63, 3.8) is 0 Å². The molecule has 1 heterocycles. The van der Waals surface area contributed by atoms with Crippen molar-refractivity contribution < 1.29 is 17.6 Å². The molecule has 0 bridgehead atoms. The normalized spacial score (nSPS) is 12.3. The second-order valence-corrected chi connectivity index (χ2v) is 6.62. The predicted molar refractivity (Wildman–Crippen MR) is 94.5 cm³/mol. The Balaban J connectivity index is 2.11. The molecule has 2 N–H and O–H groups in total. The van der Waals surface area contributed by atoms with Gasteiger partial charge in [-0.15, -0.1) is 11.3 Å². The molecule has 142 valence electrons. The van der Waals surface area contributed by atoms with E-state index in [-0.39, 0.29) is 12.1 Å². The highest BCUT2D eigenvalue weighted by Crippen LogP contribution is 2.32. The molecule has 4 nitrogen and oxygen atoms in total. The third-order valence-electron chi connectivity index (χ3n) is 3.49. The minimum Gasteiger partial charge on any atom is -0.357 e. The Bertz CT molecular complexity index is 755. The molecular formula is C17H20F4N4S. The molecule has 9 heteroatoms. The first-order valence-electron chi connectivity index (χ1n) is 8.14. The number of halogens is 4. The highest BCUT2D eigenvalue weighted by molar-refractivity contribution is 7.11. The summed E-state index contributed by atoms with van der Waals surface area (Å²) in [4.78, 5) is 9.61. The Labute approximate surface area is 153 Å². The highest BCUT2D eigenvalue weighted by Gasteiger charge is 2.33. The van der Waals surface area contributed by atoms with Gasteiger partial charge < -0.3 is 10.6 Å². The van der Waals surface area contributed by atoms with Crippen molar-refractivity contribution >= 4 is 17.3 Å². The molecule has 2 rings (SSSR count). The van der Waals surface area contributed by atoms with Gasteiger partial charge in [0.1, 0.15) is 10.8 Å². The van der Waals surface area contributed by atoms with Gasteiger partial charge in [0.2, 0.25) is 0 Å². The molecule has 1 aromatic heterocycles. The third kappa shape index (κ3) is 5.69. The quantitative estimate of drug-likeness (QED) is 0.445. The number of aromatic nitrogens is 1. The molecule has 0 fully saturated rings. The van der Waals surface area contributed by atoms with Crippen LogP contribution in [0.4, 0.5) is 17.6 Å². The summed E-state index contributed by atoms with van der Waals surface area (Å²) in [5, 5.41) is 6.89. The van der Waals surface area contributed by atoms with Crippen LogP contribution >= 0.6 is 11.3 Å². The summed E-state index contributed by atoms with van der Waals surface area (Å²) in [6.07, 6.45) is -1.92. The van der Waals surface area contributed by atoms with Crippen LogP contribution in [-0.2, 0) is 25.7 Å². The standard InChI is InChI=1S/C17H20F4N4S/c1-3-13-9-23-15(26-13)10-25-16(22-4-2)24-8-11-5-6-12(18)7-14(11)17(19,20)21/h5-7,9H,3-4,8,10H2,1-2H3,(H2,22,24,25). The van der Waals surface area contributed by atoms with Gasteiger partial charge in [0.15, 0.2) is 5.96 Å². The van der Waals surface area contributed by atoms with Gasteiger partial charge in [0, 0.05) is 17.6 Å². The molecule has 0 unspecified atom stereocenters. The van der Waals surface area contributed by atoms with Gasteiger partial charge in [-0.1, -0.05) is 13.0 Å². The fraction of sp³-hybridized carbons (Fsp3) is 0.412. The Kier molecular flexibility index (Phi) is 6.96. The van der Waals surface area contributed by atoms with Crippen LogP contribution < -0.4 is 10.6 Å². The average Bonchev–Trinajstić information content (AvgIpc) is 3.05. The van der Waals surface area contributed by atoms with Gasteiger partial charge in [-0.05, 0) is 31.0 Å². The van der Waals surface area contributed by atoms with Crippen LogP contribution in [-0.4, -0.2) is 17.5 Å². The van der Waals surface area contributed by atoms with Crippen LogP contribution in [0.1, 0.15) is 34.9 Å². The monoisotopic (exact) mass is 388 g/mol. The lowest BCUT2D eigenvalue weighted by Crippen LogP contribution is -2.36. The molecule has 1 aromatic carbocycles. The van der Waals surface area contributed by atoms with Gasteiger partial charge >= 0.3 is 6.18 Å². The molecule has 0 saturated carbocycles. The topological polar surface area (TPSA) is 49.3 Å². The fourth-order valence-electron chi connectivity index (χ4n) is 2.21. The van der Waals surface area contributed by atoms with Crippen molar-refractivity contribution in [2.45, 2.75) is 39.5 Å². The molecule has 2 aromatic rings. The van der Waals surface area contributed by atoms with E-state index >= 15 is 0 Å². The lowest BCUT2D eigenvalue weighted by molar-refractivity contribution is -0.138. The molecule has 26 heavy (non-hydrogen) atoms. The second-order valence-electron chi connectivity index (χ2n) is 5.42. The first kappa shape index (κ1) is 20.2. The van der Waals surface area contributed by atoms with Crippen molar-refractivity contribution in [1.29, 1.82) is 0 Å². The molecule has 0 aliphatic rings. The number of nitrogens with one attached hydrogen (secondary N) is 2. The number of rotatable bonds is 6. The van der Waals surface area contributed by atoms with E-state index < -0.39 is 17.6 Å². The van der Waals surface area contributed by atoms with E-state index in [9.17, 15) is 17.6 Å². The zero-order chi connectivity index (χ0) is 19.2. The van der Waals surface area contributed by atoms with Crippen LogP contribution in [0.25, 0.3) is 0 Å². The van der Waals surface area contributed by atoms with E-state index in [1.54, 1.807) is 17.5 Å². The Morgan fingerprint density at radius 3 is 2.62 bits per heavy atom.